The Morgan fingerprint density at radius 3 is 2.82 bits per heavy atom. The molecule has 5 atom stereocenters. The molecule has 0 radical (unpaired) electrons. The van der Waals surface area contributed by atoms with Gasteiger partial charge in [-0.3, -0.25) is 4.99 Å². The van der Waals surface area contributed by atoms with Crippen LogP contribution >= 0.6 is 11.8 Å². The number of hydrogen-bond acceptors (Lipinski definition) is 6. The molecule has 0 unspecified atom stereocenters. The minimum atomic E-state index is -1.07. The quantitative estimate of drug-likeness (QED) is 0.516. The van der Waals surface area contributed by atoms with Crippen LogP contribution in [0.3, 0.4) is 0 Å². The van der Waals surface area contributed by atoms with E-state index in [9.17, 15) is 10.2 Å². The van der Waals surface area contributed by atoms with Gasteiger partial charge in [0.1, 0.15) is 23.7 Å². The monoisotopic (exact) mass is 262 g/mol. The van der Waals surface area contributed by atoms with Gasteiger partial charge in [0.05, 0.1) is 12.6 Å². The van der Waals surface area contributed by atoms with Crippen LogP contribution in [0, 0.1) is 0 Å². The van der Waals surface area contributed by atoms with Gasteiger partial charge < -0.3 is 25.4 Å². The van der Waals surface area contributed by atoms with E-state index in [0.717, 1.165) is 18.1 Å². The summed E-state index contributed by atoms with van der Waals surface area (Å²) in [7, 11) is 0. The van der Waals surface area contributed by atoms with Crippen LogP contribution in [0.15, 0.2) is 4.99 Å². The number of amidine groups is 1. The molecule has 6 nitrogen and oxygen atoms in total. The molecule has 0 aromatic heterocycles. The highest BCUT2D eigenvalue weighted by molar-refractivity contribution is 8.14. The molecule has 2 fully saturated rings. The van der Waals surface area contributed by atoms with Crippen molar-refractivity contribution in [2.75, 3.05) is 13.2 Å². The van der Waals surface area contributed by atoms with Gasteiger partial charge in [-0.15, -0.1) is 0 Å². The van der Waals surface area contributed by atoms with E-state index in [4.69, 9.17) is 9.84 Å². The summed E-state index contributed by atoms with van der Waals surface area (Å²) < 4.78 is 5.51. The number of fused-ring (bicyclic) bond motifs is 1. The molecule has 0 aromatic carbocycles. The Hall–Kier alpha value is -0.340. The van der Waals surface area contributed by atoms with Crippen molar-refractivity contribution < 1.29 is 20.1 Å². The summed E-state index contributed by atoms with van der Waals surface area (Å²) in [6, 6.07) is -0.367. The fraction of sp³-hybridized carbons (Fsp3) is 0.900. The molecular formula is C10H18N2O4S. The summed E-state index contributed by atoms with van der Waals surface area (Å²) in [5.74, 6) is 0. The predicted octanol–water partition coefficient (Wildman–Crippen LogP) is -1.10. The average molecular weight is 262 g/mol. The maximum absolute atomic E-state index is 9.92. The van der Waals surface area contributed by atoms with Crippen molar-refractivity contribution in [3.63, 3.8) is 0 Å². The van der Waals surface area contributed by atoms with E-state index in [1.165, 1.54) is 11.8 Å². The molecule has 0 bridgehead atoms. The lowest BCUT2D eigenvalue weighted by atomic mass is 9.98. The fourth-order valence-electron chi connectivity index (χ4n) is 1.92. The predicted molar refractivity (Wildman–Crippen MR) is 64.9 cm³/mol. The maximum atomic E-state index is 9.92. The Morgan fingerprint density at radius 1 is 1.41 bits per heavy atom. The lowest BCUT2D eigenvalue weighted by Gasteiger charge is -2.38. The summed E-state index contributed by atoms with van der Waals surface area (Å²) in [5, 5.41) is 32.5. The van der Waals surface area contributed by atoms with Gasteiger partial charge in [0, 0.05) is 6.54 Å². The molecule has 0 amide bonds. The topological polar surface area (TPSA) is 94.3 Å². The third-order valence-corrected chi connectivity index (χ3v) is 3.98. The number of nitrogens with zero attached hydrogens (tertiary/aromatic N) is 1. The van der Waals surface area contributed by atoms with Crippen LogP contribution in [0.2, 0.25) is 0 Å². The van der Waals surface area contributed by atoms with Gasteiger partial charge in [0.2, 0.25) is 0 Å². The van der Waals surface area contributed by atoms with Gasteiger partial charge in [-0.1, -0.05) is 18.7 Å². The molecule has 2 rings (SSSR count). The van der Waals surface area contributed by atoms with Crippen molar-refractivity contribution in [2.24, 2.45) is 4.99 Å². The molecule has 2 aliphatic heterocycles. The molecule has 17 heavy (non-hydrogen) atoms. The molecule has 0 saturated carbocycles. The number of aliphatic hydroxyl groups is 3. The Balaban J connectivity index is 2.04. The van der Waals surface area contributed by atoms with Crippen molar-refractivity contribution in [3.05, 3.63) is 0 Å². The van der Waals surface area contributed by atoms with Crippen molar-refractivity contribution in [2.45, 2.75) is 43.1 Å². The summed E-state index contributed by atoms with van der Waals surface area (Å²) in [6.07, 6.45) is -1.80. The number of aliphatic imine (C=N–C) groups is 1. The minimum absolute atomic E-state index is 0.302. The first kappa shape index (κ1) is 13.1. The molecule has 0 spiro atoms. The third-order valence-electron chi connectivity index (χ3n) is 2.88. The van der Waals surface area contributed by atoms with E-state index < -0.39 is 18.3 Å². The van der Waals surface area contributed by atoms with Crippen molar-refractivity contribution in [3.8, 4) is 0 Å². The Labute approximate surface area is 104 Å². The molecule has 2 aliphatic rings. The van der Waals surface area contributed by atoms with Crippen LogP contribution in [0.5, 0.6) is 0 Å². The van der Waals surface area contributed by atoms with Gasteiger partial charge in [0.25, 0.3) is 0 Å². The van der Waals surface area contributed by atoms with Crippen LogP contribution in [0.4, 0.5) is 0 Å². The number of ether oxygens (including phenoxy) is 1. The second-order valence-electron chi connectivity index (χ2n) is 4.18. The number of thioether (sulfide) groups is 1. The highest BCUT2D eigenvalue weighted by Crippen LogP contribution is 2.33. The third kappa shape index (κ3) is 2.58. The molecule has 0 aromatic rings. The second kappa shape index (κ2) is 5.53. The molecular weight excluding hydrogens is 244 g/mol. The largest absolute Gasteiger partial charge is 0.394 e. The van der Waals surface area contributed by atoms with Gasteiger partial charge in [-0.25, -0.2) is 0 Å². The highest BCUT2D eigenvalue weighted by atomic mass is 32.2. The Kier molecular flexibility index (Phi) is 4.26. The summed E-state index contributed by atoms with van der Waals surface area (Å²) in [4.78, 5) is 4.31. The van der Waals surface area contributed by atoms with E-state index in [1.54, 1.807) is 0 Å². The number of hydrogen-bond donors (Lipinski definition) is 4. The molecule has 2 heterocycles. The van der Waals surface area contributed by atoms with Gasteiger partial charge in [0.15, 0.2) is 5.17 Å². The normalized spacial score (nSPS) is 43.5. The van der Waals surface area contributed by atoms with Gasteiger partial charge in [-0.2, -0.15) is 0 Å². The van der Waals surface area contributed by atoms with Crippen LogP contribution in [-0.4, -0.2) is 63.4 Å². The van der Waals surface area contributed by atoms with Crippen molar-refractivity contribution in [1.82, 2.24) is 5.32 Å². The van der Waals surface area contributed by atoms with E-state index >= 15 is 0 Å². The zero-order valence-electron chi connectivity index (χ0n) is 9.61. The summed E-state index contributed by atoms with van der Waals surface area (Å²) in [6.45, 7) is 2.45. The SMILES string of the molecule is CCCN=C1N[C@@H]2[C@H](O)[C@@H](O)[C@@H](CO)O[C@@H]2S1. The first-order valence-corrected chi connectivity index (χ1v) is 6.65. The fourth-order valence-corrected chi connectivity index (χ4v) is 3.08. The minimum Gasteiger partial charge on any atom is -0.394 e. The van der Waals surface area contributed by atoms with E-state index in [0.29, 0.717) is 0 Å². The van der Waals surface area contributed by atoms with E-state index in [-0.39, 0.29) is 18.1 Å². The summed E-state index contributed by atoms with van der Waals surface area (Å²) >= 11 is 1.39. The molecule has 4 N–H and O–H groups in total. The molecule has 7 heteroatoms. The second-order valence-corrected chi connectivity index (χ2v) is 5.27. The average Bonchev–Trinajstić information content (AvgIpc) is 2.74. The van der Waals surface area contributed by atoms with Crippen LogP contribution in [0.1, 0.15) is 13.3 Å². The lowest BCUT2D eigenvalue weighted by molar-refractivity contribution is -0.167. The first-order valence-electron chi connectivity index (χ1n) is 5.77. The number of rotatable bonds is 3. The van der Waals surface area contributed by atoms with Gasteiger partial charge >= 0.3 is 0 Å². The van der Waals surface area contributed by atoms with Crippen LogP contribution < -0.4 is 5.32 Å². The Morgan fingerprint density at radius 2 is 2.18 bits per heavy atom. The van der Waals surface area contributed by atoms with Crippen molar-refractivity contribution in [1.29, 1.82) is 0 Å². The standard InChI is InChI=1S/C10H18N2O4S/c1-2-3-11-10-12-6-8(15)7(14)5(4-13)16-9(6)17-10/h5-9,13-15H,2-4H2,1H3,(H,11,12)/t5-,6-,7+,8+,9-/m1/s1. The smallest absolute Gasteiger partial charge is 0.159 e. The first-order chi connectivity index (χ1) is 8.17. The molecule has 98 valence electrons. The van der Waals surface area contributed by atoms with Gasteiger partial charge in [-0.05, 0) is 6.42 Å². The lowest BCUT2D eigenvalue weighted by Crippen LogP contribution is -2.59. The maximum Gasteiger partial charge on any atom is 0.159 e. The highest BCUT2D eigenvalue weighted by Gasteiger charge is 2.48. The zero-order valence-corrected chi connectivity index (χ0v) is 10.4. The molecule has 2 saturated heterocycles. The van der Waals surface area contributed by atoms with E-state index in [1.807, 2.05) is 6.92 Å². The van der Waals surface area contributed by atoms with Crippen molar-refractivity contribution >= 4 is 16.9 Å². The zero-order chi connectivity index (χ0) is 12.4. The number of aliphatic hydroxyl groups excluding tert-OH is 3. The Bertz CT molecular complexity index is 302. The van der Waals surface area contributed by atoms with Crippen LogP contribution in [-0.2, 0) is 4.74 Å². The number of nitrogens with one attached hydrogen (secondary N) is 1. The summed E-state index contributed by atoms with van der Waals surface area (Å²) in [5.41, 5.74) is -0.304. The van der Waals surface area contributed by atoms with Crippen LogP contribution in [0.25, 0.3) is 0 Å². The molecule has 0 aliphatic carbocycles. The van der Waals surface area contributed by atoms with E-state index in [2.05, 4.69) is 10.3 Å².